The fraction of sp³-hybridized carbons (Fsp3) is 0. The molecule has 1 aromatic carbocycles. The van der Waals surface area contributed by atoms with Crippen LogP contribution in [0.4, 0.5) is 14.6 Å². The molecule has 0 atom stereocenters. The Labute approximate surface area is 97.4 Å². The van der Waals surface area contributed by atoms with Gasteiger partial charge in [-0.15, -0.1) is 0 Å². The fourth-order valence-electron chi connectivity index (χ4n) is 1.55. The number of hydrogen-bond acceptors (Lipinski definition) is 2. The first-order valence-corrected chi connectivity index (χ1v) is 4.95. The van der Waals surface area contributed by atoms with Crippen LogP contribution >= 0.6 is 0 Å². The highest BCUT2D eigenvalue weighted by molar-refractivity contribution is 5.83. The molecule has 1 aromatic heterocycles. The molecule has 0 amide bonds. The van der Waals surface area contributed by atoms with Crippen LogP contribution in [0, 0.1) is 11.6 Å². The van der Waals surface area contributed by atoms with E-state index in [9.17, 15) is 8.78 Å². The average Bonchev–Trinajstić information content (AvgIpc) is 2.35. The van der Waals surface area contributed by atoms with E-state index in [1.807, 2.05) is 6.07 Å². The SMILES string of the molecule is C=C(c1ccccc1)c1c(N)ncc(F)c1F. The molecule has 0 saturated carbocycles. The van der Waals surface area contributed by atoms with Crippen molar-refractivity contribution in [1.29, 1.82) is 0 Å². The van der Waals surface area contributed by atoms with Crippen molar-refractivity contribution in [1.82, 2.24) is 4.98 Å². The van der Waals surface area contributed by atoms with Crippen LogP contribution in [0.1, 0.15) is 11.1 Å². The van der Waals surface area contributed by atoms with Gasteiger partial charge in [-0.25, -0.2) is 13.8 Å². The minimum atomic E-state index is -1.04. The highest BCUT2D eigenvalue weighted by Crippen LogP contribution is 2.28. The number of nitrogens with zero attached hydrogens (tertiary/aromatic N) is 1. The summed E-state index contributed by atoms with van der Waals surface area (Å²) >= 11 is 0. The maximum absolute atomic E-state index is 13.6. The molecule has 0 bridgehead atoms. The van der Waals surface area contributed by atoms with E-state index in [1.165, 1.54) is 0 Å². The van der Waals surface area contributed by atoms with E-state index >= 15 is 0 Å². The topological polar surface area (TPSA) is 38.9 Å². The van der Waals surface area contributed by atoms with Gasteiger partial charge in [0, 0.05) is 0 Å². The Morgan fingerprint density at radius 1 is 1.18 bits per heavy atom. The number of pyridine rings is 1. The van der Waals surface area contributed by atoms with Crippen LogP contribution in [0.3, 0.4) is 0 Å². The van der Waals surface area contributed by atoms with E-state index in [0.29, 0.717) is 11.1 Å². The summed E-state index contributed by atoms with van der Waals surface area (Å²) in [6.45, 7) is 3.73. The van der Waals surface area contributed by atoms with Crippen molar-refractivity contribution in [3.05, 3.63) is 65.9 Å². The van der Waals surface area contributed by atoms with E-state index in [4.69, 9.17) is 5.73 Å². The number of anilines is 1. The molecule has 2 rings (SSSR count). The lowest BCUT2D eigenvalue weighted by Gasteiger charge is -2.10. The smallest absolute Gasteiger partial charge is 0.177 e. The Morgan fingerprint density at radius 2 is 1.82 bits per heavy atom. The predicted molar refractivity (Wildman–Crippen MR) is 63.1 cm³/mol. The molecule has 4 heteroatoms. The van der Waals surface area contributed by atoms with Gasteiger partial charge in [-0.3, -0.25) is 0 Å². The first-order chi connectivity index (χ1) is 8.11. The molecule has 0 spiro atoms. The summed E-state index contributed by atoms with van der Waals surface area (Å²) in [7, 11) is 0. The second-order valence-electron chi connectivity index (χ2n) is 3.52. The highest BCUT2D eigenvalue weighted by Gasteiger charge is 2.16. The largest absolute Gasteiger partial charge is 0.383 e. The molecule has 0 unspecified atom stereocenters. The van der Waals surface area contributed by atoms with E-state index in [1.54, 1.807) is 24.3 Å². The predicted octanol–water partition coefficient (Wildman–Crippen LogP) is 3.00. The lowest BCUT2D eigenvalue weighted by molar-refractivity contribution is 0.502. The molecular formula is C13H10F2N2. The summed E-state index contributed by atoms with van der Waals surface area (Å²) in [6.07, 6.45) is 0.756. The monoisotopic (exact) mass is 232 g/mol. The maximum atomic E-state index is 13.6. The lowest BCUT2D eigenvalue weighted by Crippen LogP contribution is -2.03. The maximum Gasteiger partial charge on any atom is 0.177 e. The number of aromatic nitrogens is 1. The zero-order valence-corrected chi connectivity index (χ0v) is 8.95. The molecule has 86 valence electrons. The van der Waals surface area contributed by atoms with Gasteiger partial charge in [0.05, 0.1) is 11.8 Å². The highest BCUT2D eigenvalue weighted by atomic mass is 19.2. The van der Waals surface area contributed by atoms with Gasteiger partial charge in [-0.2, -0.15) is 0 Å². The van der Waals surface area contributed by atoms with Gasteiger partial charge in [0.25, 0.3) is 0 Å². The Kier molecular flexibility index (Phi) is 2.87. The zero-order valence-electron chi connectivity index (χ0n) is 8.95. The normalized spacial score (nSPS) is 10.2. The van der Waals surface area contributed by atoms with Crippen LogP contribution in [0.25, 0.3) is 5.57 Å². The zero-order chi connectivity index (χ0) is 12.4. The van der Waals surface area contributed by atoms with Crippen LogP contribution in [0.2, 0.25) is 0 Å². The molecule has 0 fully saturated rings. The van der Waals surface area contributed by atoms with Crippen molar-refractivity contribution in [2.24, 2.45) is 0 Å². The number of nitrogen functional groups attached to an aromatic ring is 1. The number of halogens is 2. The quantitative estimate of drug-likeness (QED) is 0.864. The number of hydrogen-bond donors (Lipinski definition) is 1. The summed E-state index contributed by atoms with van der Waals surface area (Å²) in [6, 6.07) is 8.86. The van der Waals surface area contributed by atoms with Gasteiger partial charge < -0.3 is 5.73 Å². The van der Waals surface area contributed by atoms with Crippen LogP contribution in [-0.4, -0.2) is 4.98 Å². The van der Waals surface area contributed by atoms with Crippen LogP contribution in [0.5, 0.6) is 0 Å². The molecule has 0 saturated heterocycles. The number of nitrogens with two attached hydrogens (primary N) is 1. The molecule has 0 radical (unpaired) electrons. The van der Waals surface area contributed by atoms with Gasteiger partial charge in [0.1, 0.15) is 5.82 Å². The molecule has 0 aliphatic carbocycles. The average molecular weight is 232 g/mol. The van der Waals surface area contributed by atoms with E-state index in [-0.39, 0.29) is 11.4 Å². The van der Waals surface area contributed by atoms with Crippen LogP contribution in [0.15, 0.2) is 43.1 Å². The Hall–Kier alpha value is -2.23. The van der Waals surface area contributed by atoms with Gasteiger partial charge in [-0.1, -0.05) is 36.9 Å². The summed E-state index contributed by atoms with van der Waals surface area (Å²) in [4.78, 5) is 3.59. The summed E-state index contributed by atoms with van der Waals surface area (Å²) in [5.74, 6) is -2.13. The lowest BCUT2D eigenvalue weighted by atomic mass is 10.00. The molecule has 0 aliphatic heterocycles. The van der Waals surface area contributed by atoms with Gasteiger partial charge >= 0.3 is 0 Å². The number of rotatable bonds is 2. The fourth-order valence-corrected chi connectivity index (χ4v) is 1.55. The number of benzene rings is 1. The third kappa shape index (κ3) is 2.01. The van der Waals surface area contributed by atoms with Gasteiger partial charge in [0.15, 0.2) is 11.6 Å². The second kappa shape index (κ2) is 4.33. The minimum Gasteiger partial charge on any atom is -0.383 e. The summed E-state index contributed by atoms with van der Waals surface area (Å²) in [5.41, 5.74) is 6.45. The first kappa shape index (κ1) is 11.3. The molecule has 1 heterocycles. The minimum absolute atomic E-state index is 0.0715. The molecule has 2 N–H and O–H groups in total. The van der Waals surface area contributed by atoms with Gasteiger partial charge in [-0.05, 0) is 11.1 Å². The van der Waals surface area contributed by atoms with E-state index in [0.717, 1.165) is 6.20 Å². The van der Waals surface area contributed by atoms with Crippen LogP contribution < -0.4 is 5.73 Å². The van der Waals surface area contributed by atoms with Crippen molar-refractivity contribution in [3.8, 4) is 0 Å². The standard InChI is InChI=1S/C13H10F2N2/c1-8(9-5-3-2-4-6-9)11-12(15)10(14)7-17-13(11)16/h2-7H,1H2,(H2,16,17). The van der Waals surface area contributed by atoms with Crippen molar-refractivity contribution >= 4 is 11.4 Å². The second-order valence-corrected chi connectivity index (χ2v) is 3.52. The molecule has 0 aliphatic rings. The third-order valence-corrected chi connectivity index (χ3v) is 2.43. The van der Waals surface area contributed by atoms with Crippen molar-refractivity contribution < 1.29 is 8.78 Å². The Morgan fingerprint density at radius 3 is 2.47 bits per heavy atom. The van der Waals surface area contributed by atoms with Crippen molar-refractivity contribution in [2.45, 2.75) is 0 Å². The molecular weight excluding hydrogens is 222 g/mol. The van der Waals surface area contributed by atoms with Gasteiger partial charge in [0.2, 0.25) is 0 Å². The van der Waals surface area contributed by atoms with Crippen molar-refractivity contribution in [2.75, 3.05) is 5.73 Å². The molecule has 2 nitrogen and oxygen atoms in total. The molecule has 2 aromatic rings. The first-order valence-electron chi connectivity index (χ1n) is 4.95. The third-order valence-electron chi connectivity index (χ3n) is 2.43. The molecule has 17 heavy (non-hydrogen) atoms. The van der Waals surface area contributed by atoms with E-state index in [2.05, 4.69) is 11.6 Å². The van der Waals surface area contributed by atoms with E-state index < -0.39 is 11.6 Å². The van der Waals surface area contributed by atoms with Crippen molar-refractivity contribution in [3.63, 3.8) is 0 Å². The Balaban J connectivity index is 2.56. The van der Waals surface area contributed by atoms with Crippen LogP contribution in [-0.2, 0) is 0 Å². The summed E-state index contributed by atoms with van der Waals surface area (Å²) < 4.78 is 26.7. The Bertz CT molecular complexity index is 565. The summed E-state index contributed by atoms with van der Waals surface area (Å²) in [5, 5.41) is 0.